The third-order valence-electron chi connectivity index (χ3n) is 8.10. The van der Waals surface area contributed by atoms with Crippen molar-refractivity contribution in [3.63, 3.8) is 0 Å². The van der Waals surface area contributed by atoms with E-state index in [-0.39, 0.29) is 35.4 Å². The molecule has 0 bridgehead atoms. The first-order valence-electron chi connectivity index (χ1n) is 15.1. The van der Waals surface area contributed by atoms with Crippen molar-refractivity contribution in [1.29, 1.82) is 0 Å². The number of allylic oxidation sites excluding steroid dienone is 5. The molecule has 0 saturated carbocycles. The number of Topliss-reactive ketones (excluding diaryl/α,β-unsaturated/α-hetero) is 1. The summed E-state index contributed by atoms with van der Waals surface area (Å²) in [6.07, 6.45) is 12.1. The number of carbonyl (C=O) groups excluding carboxylic acids is 1. The van der Waals surface area contributed by atoms with Crippen LogP contribution in [0.3, 0.4) is 0 Å². The first-order valence-corrected chi connectivity index (χ1v) is 15.1. The van der Waals surface area contributed by atoms with Gasteiger partial charge >= 0.3 is 0 Å². The number of carbonyl (C=O) groups is 1. The zero-order valence-corrected chi connectivity index (χ0v) is 27.2. The molecule has 1 aliphatic heterocycles. The van der Waals surface area contributed by atoms with Crippen molar-refractivity contribution in [2.45, 2.75) is 104 Å². The smallest absolute Gasteiger partial charge is 0.167 e. The van der Waals surface area contributed by atoms with Gasteiger partial charge in [0.1, 0.15) is 12.2 Å². The molecule has 0 radical (unpaired) electrons. The maximum atomic E-state index is 12.8. The van der Waals surface area contributed by atoms with Crippen LogP contribution in [0.2, 0.25) is 0 Å². The first kappa shape index (κ1) is 37.4. The summed E-state index contributed by atoms with van der Waals surface area (Å²) in [6.45, 7) is 20.3. The van der Waals surface area contributed by atoms with Crippen LogP contribution >= 0.6 is 0 Å². The van der Waals surface area contributed by atoms with Gasteiger partial charge < -0.3 is 28.8 Å². The van der Waals surface area contributed by atoms with E-state index >= 15 is 0 Å². The second-order valence-electron chi connectivity index (χ2n) is 12.2. The highest BCUT2D eigenvalue weighted by molar-refractivity contribution is 5.86. The molecule has 1 rings (SSSR count). The number of hydrogen-bond acceptors (Lipinski definition) is 7. The van der Waals surface area contributed by atoms with E-state index in [0.717, 1.165) is 24.8 Å². The van der Waals surface area contributed by atoms with Crippen molar-refractivity contribution in [3.8, 4) is 0 Å². The number of aliphatic hydroxyl groups excluding tert-OH is 1. The highest BCUT2D eigenvalue weighted by Crippen LogP contribution is 2.35. The molecule has 0 amide bonds. The summed E-state index contributed by atoms with van der Waals surface area (Å²) in [6, 6.07) is 0. The summed E-state index contributed by atoms with van der Waals surface area (Å²) in [5, 5.41) is 10.2. The van der Waals surface area contributed by atoms with Gasteiger partial charge in [0.25, 0.3) is 0 Å². The number of rotatable bonds is 20. The highest BCUT2D eigenvalue weighted by atomic mass is 16.5. The van der Waals surface area contributed by atoms with Gasteiger partial charge in [0.15, 0.2) is 5.78 Å². The standard InChI is InChI=1S/C34H58O7/c1-24(2)31(35)33(38-10)32(36)27(5)22-25(3)14-12-11-13-15-26(4)30(40-21-20-39-19-18-37-9)23-29-17-16-28(6)34(7,8)41-29/h11-15,25,27-31,33,35H,1,16-23H2,2-10H3/b13-11+,14-12+,26-15+. The Hall–Kier alpha value is -1.61. The predicted octanol–water partition coefficient (Wildman–Crippen LogP) is 6.26. The molecule has 0 aromatic heterocycles. The monoisotopic (exact) mass is 578 g/mol. The zero-order valence-electron chi connectivity index (χ0n) is 27.2. The van der Waals surface area contributed by atoms with Crippen molar-refractivity contribution >= 4 is 5.78 Å². The van der Waals surface area contributed by atoms with Gasteiger partial charge in [-0.25, -0.2) is 0 Å². The van der Waals surface area contributed by atoms with Crippen molar-refractivity contribution in [1.82, 2.24) is 0 Å². The van der Waals surface area contributed by atoms with E-state index in [4.69, 9.17) is 23.7 Å². The third-order valence-corrected chi connectivity index (χ3v) is 8.10. The van der Waals surface area contributed by atoms with Crippen molar-refractivity contribution in [2.75, 3.05) is 40.6 Å². The molecule has 1 N–H and O–H groups in total. The number of aliphatic hydroxyl groups is 1. The van der Waals surface area contributed by atoms with E-state index in [9.17, 15) is 9.90 Å². The molecule has 1 saturated heterocycles. The Morgan fingerprint density at radius 1 is 1.07 bits per heavy atom. The van der Waals surface area contributed by atoms with Gasteiger partial charge in [-0.3, -0.25) is 4.79 Å². The van der Waals surface area contributed by atoms with E-state index in [2.05, 4.69) is 53.3 Å². The molecule has 1 aliphatic rings. The van der Waals surface area contributed by atoms with Crippen LogP contribution in [-0.2, 0) is 28.5 Å². The number of ketones is 1. The normalized spacial score (nSPS) is 23.4. The average molecular weight is 579 g/mol. The first-order chi connectivity index (χ1) is 19.3. The van der Waals surface area contributed by atoms with Gasteiger partial charge in [0, 0.05) is 26.6 Å². The predicted molar refractivity (Wildman–Crippen MR) is 166 cm³/mol. The molecule has 41 heavy (non-hydrogen) atoms. The van der Waals surface area contributed by atoms with Crippen LogP contribution in [-0.4, -0.2) is 81.6 Å². The van der Waals surface area contributed by atoms with Crippen LogP contribution in [0.25, 0.3) is 0 Å². The van der Waals surface area contributed by atoms with Gasteiger partial charge in [-0.2, -0.15) is 0 Å². The topological polar surface area (TPSA) is 83.5 Å². The molecule has 236 valence electrons. The van der Waals surface area contributed by atoms with Crippen molar-refractivity contribution in [3.05, 3.63) is 48.1 Å². The van der Waals surface area contributed by atoms with Gasteiger partial charge in [0.2, 0.25) is 0 Å². The Balaban J connectivity index is 2.74. The van der Waals surface area contributed by atoms with E-state index in [1.807, 2.05) is 25.2 Å². The number of hydrogen-bond donors (Lipinski definition) is 1. The summed E-state index contributed by atoms with van der Waals surface area (Å²) in [4.78, 5) is 12.8. The quantitative estimate of drug-likeness (QED) is 0.104. The number of ether oxygens (including phenoxy) is 5. The second-order valence-corrected chi connectivity index (χ2v) is 12.2. The van der Waals surface area contributed by atoms with Gasteiger partial charge in [-0.05, 0) is 69.9 Å². The van der Waals surface area contributed by atoms with Crippen LogP contribution in [0.1, 0.15) is 74.1 Å². The molecule has 0 aromatic carbocycles. The molecule has 7 nitrogen and oxygen atoms in total. The Kier molecular flexibility index (Phi) is 17.8. The van der Waals surface area contributed by atoms with E-state index in [1.165, 1.54) is 7.11 Å². The van der Waals surface area contributed by atoms with Gasteiger partial charge in [-0.1, -0.05) is 57.7 Å². The molecule has 7 heteroatoms. The van der Waals surface area contributed by atoms with Crippen LogP contribution in [0.4, 0.5) is 0 Å². The lowest BCUT2D eigenvalue weighted by atomic mass is 9.83. The fourth-order valence-corrected chi connectivity index (χ4v) is 5.00. The molecular weight excluding hydrogens is 520 g/mol. The molecule has 7 unspecified atom stereocenters. The third kappa shape index (κ3) is 13.9. The number of methoxy groups -OCH3 is 2. The average Bonchev–Trinajstić information content (AvgIpc) is 2.91. The second kappa shape index (κ2) is 19.6. The Labute approximate surface area is 250 Å². The Morgan fingerprint density at radius 2 is 1.76 bits per heavy atom. The lowest BCUT2D eigenvalue weighted by molar-refractivity contribution is -0.148. The SMILES string of the molecule is C=C(C)C(O)C(OC)C(=O)C(C)CC(C)/C=C/C=C/C=C(\C)C(CC1CCC(C)C(C)(C)O1)OCCOCCOC. The molecule has 0 aliphatic carbocycles. The van der Waals surface area contributed by atoms with Gasteiger partial charge in [0.05, 0.1) is 44.2 Å². The summed E-state index contributed by atoms with van der Waals surface area (Å²) < 4.78 is 28.6. The molecule has 7 atom stereocenters. The minimum Gasteiger partial charge on any atom is -0.386 e. The summed E-state index contributed by atoms with van der Waals surface area (Å²) >= 11 is 0. The zero-order chi connectivity index (χ0) is 31.0. The van der Waals surface area contributed by atoms with Crippen molar-refractivity contribution in [2.24, 2.45) is 17.8 Å². The maximum Gasteiger partial charge on any atom is 0.167 e. The van der Waals surface area contributed by atoms with E-state index < -0.39 is 12.2 Å². The van der Waals surface area contributed by atoms with Crippen molar-refractivity contribution < 1.29 is 33.6 Å². The molecule has 0 spiro atoms. The molecular formula is C34H58O7. The van der Waals surface area contributed by atoms with Crippen LogP contribution in [0.15, 0.2) is 48.1 Å². The minimum atomic E-state index is -0.991. The van der Waals surface area contributed by atoms with Crippen LogP contribution < -0.4 is 0 Å². The molecule has 1 heterocycles. The summed E-state index contributed by atoms with van der Waals surface area (Å²) in [7, 11) is 3.11. The lowest BCUT2D eigenvalue weighted by Crippen LogP contribution is -2.43. The largest absolute Gasteiger partial charge is 0.386 e. The molecule has 1 fully saturated rings. The summed E-state index contributed by atoms with van der Waals surface area (Å²) in [5.74, 6) is 0.372. The van der Waals surface area contributed by atoms with Crippen LogP contribution in [0.5, 0.6) is 0 Å². The fourth-order valence-electron chi connectivity index (χ4n) is 5.00. The Bertz CT molecular complexity index is 859. The fraction of sp³-hybridized carbons (Fsp3) is 0.735. The lowest BCUT2D eigenvalue weighted by Gasteiger charge is -2.42. The van der Waals surface area contributed by atoms with Crippen LogP contribution in [0, 0.1) is 17.8 Å². The van der Waals surface area contributed by atoms with E-state index in [0.29, 0.717) is 44.3 Å². The molecule has 0 aromatic rings. The van der Waals surface area contributed by atoms with Gasteiger partial charge in [-0.15, -0.1) is 0 Å². The summed E-state index contributed by atoms with van der Waals surface area (Å²) in [5.41, 5.74) is 1.53. The van der Waals surface area contributed by atoms with E-state index in [1.54, 1.807) is 14.0 Å². The minimum absolute atomic E-state index is 0.0575. The Morgan fingerprint density at radius 3 is 2.37 bits per heavy atom. The highest BCUT2D eigenvalue weighted by Gasteiger charge is 2.36. The maximum absolute atomic E-state index is 12.8.